The molecule has 16 heavy (non-hydrogen) atoms. The van der Waals surface area contributed by atoms with Crippen molar-refractivity contribution in [3.8, 4) is 0 Å². The summed E-state index contributed by atoms with van der Waals surface area (Å²) in [6.07, 6.45) is 0. The normalized spacial score (nSPS) is 15.8. The molecule has 0 radical (unpaired) electrons. The lowest BCUT2D eigenvalue weighted by Crippen LogP contribution is -2.35. The van der Waals surface area contributed by atoms with Crippen LogP contribution >= 0.6 is 0 Å². The van der Waals surface area contributed by atoms with Crippen LogP contribution in [0.5, 0.6) is 0 Å². The van der Waals surface area contributed by atoms with Crippen molar-refractivity contribution in [2.24, 2.45) is 0 Å². The summed E-state index contributed by atoms with van der Waals surface area (Å²) >= 11 is 0. The van der Waals surface area contributed by atoms with Gasteiger partial charge in [-0.3, -0.25) is 0 Å². The average Bonchev–Trinajstić information content (AvgIpc) is 2.29. The first-order valence-corrected chi connectivity index (χ1v) is 11.0. The van der Waals surface area contributed by atoms with Crippen LogP contribution in [0.2, 0.25) is 25.2 Å². The van der Waals surface area contributed by atoms with E-state index >= 15 is 0 Å². The molecule has 4 nitrogen and oxygen atoms in total. The highest BCUT2D eigenvalue weighted by Crippen LogP contribution is 2.12. The fourth-order valence-corrected chi connectivity index (χ4v) is 8.53. The van der Waals surface area contributed by atoms with Crippen molar-refractivity contribution >= 4 is 17.6 Å². The van der Waals surface area contributed by atoms with Gasteiger partial charge in [0.25, 0.3) is 0 Å². The zero-order chi connectivity index (χ0) is 12.6. The molecule has 0 N–H and O–H groups in total. The Kier molecular flexibility index (Phi) is 9.48. The SMILES string of the molecule is COC(OC)[SiH](C)CC[SiH](C)C(OC)OC. The Morgan fingerprint density at radius 3 is 1.12 bits per heavy atom. The van der Waals surface area contributed by atoms with Gasteiger partial charge < -0.3 is 18.9 Å². The fourth-order valence-electron chi connectivity index (χ4n) is 1.92. The molecule has 2 unspecified atom stereocenters. The Labute approximate surface area is 102 Å². The van der Waals surface area contributed by atoms with Crippen LogP contribution in [0.1, 0.15) is 0 Å². The van der Waals surface area contributed by atoms with E-state index in [0.717, 1.165) is 0 Å². The molecule has 0 aromatic carbocycles. The molecule has 0 aliphatic carbocycles. The molecule has 0 rings (SSSR count). The largest absolute Gasteiger partial charge is 0.360 e. The molecule has 0 aromatic heterocycles. The summed E-state index contributed by atoms with van der Waals surface area (Å²) in [7, 11) is 4.94. The van der Waals surface area contributed by atoms with Gasteiger partial charge in [-0.25, -0.2) is 0 Å². The molecule has 0 aliphatic rings. The molecule has 0 saturated heterocycles. The molecule has 6 heteroatoms. The summed E-state index contributed by atoms with van der Waals surface area (Å²) in [5.41, 5.74) is 0. The minimum atomic E-state index is -0.957. The predicted molar refractivity (Wildman–Crippen MR) is 71.3 cm³/mol. The number of rotatable bonds is 9. The highest BCUT2D eigenvalue weighted by atomic mass is 28.3. The van der Waals surface area contributed by atoms with Gasteiger partial charge in [0, 0.05) is 28.4 Å². The van der Waals surface area contributed by atoms with Gasteiger partial charge in [-0.15, -0.1) is 0 Å². The molecule has 0 bridgehead atoms. The highest BCUT2D eigenvalue weighted by molar-refractivity contribution is 6.64. The Hall–Kier alpha value is 0.274. The van der Waals surface area contributed by atoms with Gasteiger partial charge in [0.15, 0.2) is 0 Å². The molecule has 98 valence electrons. The number of ether oxygens (including phenoxy) is 4. The van der Waals surface area contributed by atoms with Crippen molar-refractivity contribution < 1.29 is 18.9 Å². The molecule has 0 heterocycles. The summed E-state index contributed by atoms with van der Waals surface area (Å²) in [6.45, 7) is 4.57. The molecule has 0 aromatic rings. The van der Waals surface area contributed by atoms with Gasteiger partial charge in [-0.1, -0.05) is 25.2 Å². The van der Waals surface area contributed by atoms with Crippen LogP contribution in [-0.4, -0.2) is 57.9 Å². The number of methoxy groups -OCH3 is 4. The lowest BCUT2D eigenvalue weighted by atomic mass is 10.9. The number of hydrogen-bond acceptors (Lipinski definition) is 4. The van der Waals surface area contributed by atoms with Gasteiger partial charge >= 0.3 is 0 Å². The van der Waals surface area contributed by atoms with Crippen LogP contribution in [0.25, 0.3) is 0 Å². The van der Waals surface area contributed by atoms with Gasteiger partial charge in [0.2, 0.25) is 0 Å². The monoisotopic (exact) mass is 266 g/mol. The van der Waals surface area contributed by atoms with Gasteiger partial charge in [0.05, 0.1) is 0 Å². The van der Waals surface area contributed by atoms with Crippen molar-refractivity contribution in [3.63, 3.8) is 0 Å². The summed E-state index contributed by atoms with van der Waals surface area (Å²) in [5, 5.41) is 0. The molecular weight excluding hydrogens is 240 g/mol. The first kappa shape index (κ1) is 16.3. The van der Waals surface area contributed by atoms with E-state index in [1.165, 1.54) is 12.1 Å². The van der Waals surface area contributed by atoms with Crippen molar-refractivity contribution in [2.75, 3.05) is 28.4 Å². The first-order valence-electron chi connectivity index (χ1n) is 5.71. The maximum absolute atomic E-state index is 5.30. The van der Waals surface area contributed by atoms with E-state index in [-0.39, 0.29) is 11.8 Å². The summed E-state index contributed by atoms with van der Waals surface area (Å²) in [4.78, 5) is 0. The first-order chi connectivity index (χ1) is 7.60. The fraction of sp³-hybridized carbons (Fsp3) is 1.00. The molecule has 0 amide bonds. The lowest BCUT2D eigenvalue weighted by molar-refractivity contribution is -0.0482. The minimum Gasteiger partial charge on any atom is -0.360 e. The Morgan fingerprint density at radius 1 is 0.688 bits per heavy atom. The van der Waals surface area contributed by atoms with Crippen LogP contribution in [-0.2, 0) is 18.9 Å². The third-order valence-electron chi connectivity index (χ3n) is 2.94. The molecule has 0 fully saturated rings. The van der Waals surface area contributed by atoms with Gasteiger partial charge in [0.1, 0.15) is 29.4 Å². The van der Waals surface area contributed by atoms with Crippen molar-refractivity contribution in [1.29, 1.82) is 0 Å². The Balaban J connectivity index is 3.93. The average molecular weight is 266 g/mol. The lowest BCUT2D eigenvalue weighted by Gasteiger charge is -2.23. The van der Waals surface area contributed by atoms with Crippen LogP contribution in [0.4, 0.5) is 0 Å². The smallest absolute Gasteiger partial charge is 0.137 e. The molecule has 0 saturated carbocycles. The number of hydrogen-bond donors (Lipinski definition) is 0. The van der Waals surface area contributed by atoms with Gasteiger partial charge in [-0.05, 0) is 0 Å². The van der Waals surface area contributed by atoms with Crippen molar-refractivity contribution in [2.45, 2.75) is 37.0 Å². The van der Waals surface area contributed by atoms with E-state index in [9.17, 15) is 0 Å². The standard InChI is InChI=1S/C10H26O4Si2/c1-11-9(12-2)15(5)7-8-16(6)10(13-3)14-4/h9-10,15-16H,7-8H2,1-6H3. The summed E-state index contributed by atoms with van der Waals surface area (Å²) < 4.78 is 21.2. The third-order valence-corrected chi connectivity index (χ3v) is 9.04. The van der Waals surface area contributed by atoms with Crippen LogP contribution in [0, 0.1) is 0 Å². The Bertz CT molecular complexity index is 145. The second kappa shape index (κ2) is 9.32. The molecular formula is C10H26O4Si2. The summed E-state index contributed by atoms with van der Waals surface area (Å²) in [6, 6.07) is 2.45. The Morgan fingerprint density at radius 2 is 0.938 bits per heavy atom. The topological polar surface area (TPSA) is 36.9 Å². The molecule has 0 aliphatic heterocycles. The van der Waals surface area contributed by atoms with Crippen LogP contribution < -0.4 is 0 Å². The van der Waals surface area contributed by atoms with Crippen LogP contribution in [0.15, 0.2) is 0 Å². The quantitative estimate of drug-likeness (QED) is 0.461. The summed E-state index contributed by atoms with van der Waals surface area (Å²) in [5.74, 6) is 0.0643. The predicted octanol–water partition coefficient (Wildman–Crippen LogP) is 1.02. The van der Waals surface area contributed by atoms with E-state index in [4.69, 9.17) is 18.9 Å². The van der Waals surface area contributed by atoms with Crippen LogP contribution in [0.3, 0.4) is 0 Å². The zero-order valence-corrected chi connectivity index (χ0v) is 13.7. The highest BCUT2D eigenvalue weighted by Gasteiger charge is 2.22. The van der Waals surface area contributed by atoms with E-state index in [1.807, 2.05) is 0 Å². The van der Waals surface area contributed by atoms with Crippen molar-refractivity contribution in [1.82, 2.24) is 0 Å². The molecule has 0 spiro atoms. The minimum absolute atomic E-state index is 0.0322. The van der Waals surface area contributed by atoms with E-state index in [2.05, 4.69) is 13.1 Å². The second-order valence-electron chi connectivity index (χ2n) is 4.21. The van der Waals surface area contributed by atoms with E-state index in [1.54, 1.807) is 28.4 Å². The van der Waals surface area contributed by atoms with Gasteiger partial charge in [-0.2, -0.15) is 0 Å². The van der Waals surface area contributed by atoms with E-state index in [0.29, 0.717) is 0 Å². The second-order valence-corrected chi connectivity index (χ2v) is 10.4. The zero-order valence-electron chi connectivity index (χ0n) is 11.4. The van der Waals surface area contributed by atoms with E-state index < -0.39 is 17.6 Å². The van der Waals surface area contributed by atoms with Crippen molar-refractivity contribution in [3.05, 3.63) is 0 Å². The molecule has 2 atom stereocenters. The third kappa shape index (κ3) is 5.56. The maximum Gasteiger partial charge on any atom is 0.137 e. The maximum atomic E-state index is 5.30.